The molecule has 1 heterocycles. The number of nitrogens with one attached hydrogen (secondary N) is 2. The molecule has 1 amide bonds. The molecule has 0 unspecified atom stereocenters. The van der Waals surface area contributed by atoms with Gasteiger partial charge in [0.15, 0.2) is 0 Å². The largest absolute Gasteiger partial charge is 0.398 e. The van der Waals surface area contributed by atoms with Crippen molar-refractivity contribution in [3.63, 3.8) is 0 Å². The summed E-state index contributed by atoms with van der Waals surface area (Å²) in [5, 5.41) is 10.4. The van der Waals surface area contributed by atoms with Gasteiger partial charge in [0, 0.05) is 11.1 Å². The molecule has 0 fully saturated rings. The third kappa shape index (κ3) is 2.07. The van der Waals surface area contributed by atoms with E-state index < -0.39 is 11.7 Å². The Kier molecular flexibility index (Phi) is 2.83. The van der Waals surface area contributed by atoms with Crippen molar-refractivity contribution >= 4 is 28.2 Å². The van der Waals surface area contributed by atoms with Crippen LogP contribution in [0.3, 0.4) is 0 Å². The molecule has 0 saturated carbocycles. The first-order valence-corrected chi connectivity index (χ1v) is 5.93. The standard InChI is InChI=1S/C14H11FN4O/c15-9-4-5-10(11(16)6-9)14(20)18-12-3-1-2-8-7-17-19-13(8)12/h1-7H,16H2,(H,17,19)(H,18,20). The van der Waals surface area contributed by atoms with Crippen LogP contribution in [0.25, 0.3) is 10.9 Å². The van der Waals surface area contributed by atoms with Gasteiger partial charge in [0.25, 0.3) is 5.91 Å². The number of halogens is 1. The van der Waals surface area contributed by atoms with Crippen molar-refractivity contribution in [1.82, 2.24) is 10.2 Å². The summed E-state index contributed by atoms with van der Waals surface area (Å²) in [5.74, 6) is -0.876. The molecule has 2 aromatic carbocycles. The molecule has 4 N–H and O–H groups in total. The lowest BCUT2D eigenvalue weighted by atomic mass is 10.1. The van der Waals surface area contributed by atoms with Crippen molar-refractivity contribution in [2.75, 3.05) is 11.1 Å². The number of benzene rings is 2. The maximum absolute atomic E-state index is 13.0. The van der Waals surface area contributed by atoms with Crippen molar-refractivity contribution in [3.8, 4) is 0 Å². The first kappa shape index (κ1) is 12.2. The lowest BCUT2D eigenvalue weighted by Gasteiger charge is -2.08. The van der Waals surface area contributed by atoms with Crippen LogP contribution >= 0.6 is 0 Å². The summed E-state index contributed by atoms with van der Waals surface area (Å²) in [4.78, 5) is 12.2. The Morgan fingerprint density at radius 3 is 2.95 bits per heavy atom. The van der Waals surface area contributed by atoms with E-state index >= 15 is 0 Å². The van der Waals surface area contributed by atoms with E-state index in [-0.39, 0.29) is 11.3 Å². The van der Waals surface area contributed by atoms with Crippen LogP contribution < -0.4 is 11.1 Å². The minimum atomic E-state index is -0.477. The number of para-hydroxylation sites is 1. The van der Waals surface area contributed by atoms with Gasteiger partial charge in [-0.3, -0.25) is 9.89 Å². The summed E-state index contributed by atoms with van der Waals surface area (Å²) >= 11 is 0. The topological polar surface area (TPSA) is 83.8 Å². The zero-order valence-electron chi connectivity index (χ0n) is 10.4. The molecule has 0 radical (unpaired) electrons. The highest BCUT2D eigenvalue weighted by Crippen LogP contribution is 2.22. The van der Waals surface area contributed by atoms with Gasteiger partial charge in [-0.2, -0.15) is 5.10 Å². The van der Waals surface area contributed by atoms with Crippen LogP contribution in [0.1, 0.15) is 10.4 Å². The average molecular weight is 270 g/mol. The zero-order chi connectivity index (χ0) is 14.1. The summed E-state index contributed by atoms with van der Waals surface area (Å²) in [7, 11) is 0. The fraction of sp³-hybridized carbons (Fsp3) is 0. The Hall–Kier alpha value is -2.89. The number of nitrogen functional groups attached to an aromatic ring is 1. The van der Waals surface area contributed by atoms with Gasteiger partial charge in [0.1, 0.15) is 5.82 Å². The van der Waals surface area contributed by atoms with Crippen molar-refractivity contribution < 1.29 is 9.18 Å². The number of carbonyl (C=O) groups excluding carboxylic acids is 1. The second-order valence-corrected chi connectivity index (χ2v) is 4.33. The summed E-state index contributed by atoms with van der Waals surface area (Å²) in [6, 6.07) is 9.10. The number of fused-ring (bicyclic) bond motifs is 1. The third-order valence-corrected chi connectivity index (χ3v) is 2.98. The molecule has 3 rings (SSSR count). The number of carbonyl (C=O) groups is 1. The maximum atomic E-state index is 13.0. The summed E-state index contributed by atoms with van der Waals surface area (Å²) in [6.45, 7) is 0. The zero-order valence-corrected chi connectivity index (χ0v) is 10.4. The summed E-state index contributed by atoms with van der Waals surface area (Å²) in [5.41, 5.74) is 7.28. The van der Waals surface area contributed by atoms with Gasteiger partial charge in [0.2, 0.25) is 0 Å². The van der Waals surface area contributed by atoms with E-state index in [2.05, 4.69) is 15.5 Å². The highest BCUT2D eigenvalue weighted by atomic mass is 19.1. The van der Waals surface area contributed by atoms with Crippen molar-refractivity contribution in [2.45, 2.75) is 0 Å². The first-order chi connectivity index (χ1) is 9.65. The molecule has 5 nitrogen and oxygen atoms in total. The monoisotopic (exact) mass is 270 g/mol. The molecule has 0 aliphatic rings. The van der Waals surface area contributed by atoms with Crippen LogP contribution in [0.2, 0.25) is 0 Å². The van der Waals surface area contributed by atoms with Gasteiger partial charge in [-0.25, -0.2) is 4.39 Å². The summed E-state index contributed by atoms with van der Waals surface area (Å²) < 4.78 is 13.0. The van der Waals surface area contributed by atoms with Crippen LogP contribution in [-0.4, -0.2) is 16.1 Å². The Morgan fingerprint density at radius 1 is 1.30 bits per heavy atom. The quantitative estimate of drug-likeness (QED) is 0.626. The molecule has 0 saturated heterocycles. The second kappa shape index (κ2) is 4.65. The number of amides is 1. The minimum absolute atomic E-state index is 0.0966. The minimum Gasteiger partial charge on any atom is -0.398 e. The van der Waals surface area contributed by atoms with Gasteiger partial charge in [-0.15, -0.1) is 0 Å². The lowest BCUT2D eigenvalue weighted by Crippen LogP contribution is -2.14. The molecule has 0 spiro atoms. The Bertz CT molecular complexity index is 797. The number of nitrogens with zero attached hydrogens (tertiary/aromatic N) is 1. The van der Waals surface area contributed by atoms with Gasteiger partial charge in [-0.1, -0.05) is 12.1 Å². The number of H-pyrrole nitrogens is 1. The Morgan fingerprint density at radius 2 is 2.15 bits per heavy atom. The van der Waals surface area contributed by atoms with Crippen LogP contribution in [0.15, 0.2) is 42.6 Å². The van der Waals surface area contributed by atoms with Gasteiger partial charge in [0.05, 0.1) is 23.0 Å². The smallest absolute Gasteiger partial charge is 0.257 e. The molecule has 0 aliphatic heterocycles. The molecule has 20 heavy (non-hydrogen) atoms. The van der Waals surface area contributed by atoms with Crippen molar-refractivity contribution in [2.24, 2.45) is 0 Å². The Balaban J connectivity index is 1.94. The van der Waals surface area contributed by atoms with E-state index in [1.807, 2.05) is 12.1 Å². The van der Waals surface area contributed by atoms with E-state index in [4.69, 9.17) is 5.73 Å². The fourth-order valence-electron chi connectivity index (χ4n) is 2.00. The number of anilines is 2. The predicted octanol–water partition coefficient (Wildman–Crippen LogP) is 2.54. The molecule has 0 atom stereocenters. The van der Waals surface area contributed by atoms with Crippen LogP contribution in [0.5, 0.6) is 0 Å². The second-order valence-electron chi connectivity index (χ2n) is 4.33. The van der Waals surface area contributed by atoms with Crippen LogP contribution in [0.4, 0.5) is 15.8 Å². The number of nitrogens with two attached hydrogens (primary N) is 1. The molecule has 0 aliphatic carbocycles. The van der Waals surface area contributed by atoms with Crippen molar-refractivity contribution in [1.29, 1.82) is 0 Å². The van der Waals surface area contributed by atoms with Crippen molar-refractivity contribution in [3.05, 3.63) is 54.0 Å². The first-order valence-electron chi connectivity index (χ1n) is 5.93. The summed E-state index contributed by atoms with van der Waals surface area (Å²) in [6.07, 6.45) is 1.66. The molecule has 100 valence electrons. The normalized spacial score (nSPS) is 10.7. The van der Waals surface area contributed by atoms with Gasteiger partial charge in [-0.05, 0) is 24.3 Å². The molecule has 1 aromatic heterocycles. The number of rotatable bonds is 2. The van der Waals surface area contributed by atoms with Gasteiger partial charge >= 0.3 is 0 Å². The number of aromatic nitrogens is 2. The van der Waals surface area contributed by atoms with E-state index in [9.17, 15) is 9.18 Å². The highest BCUT2D eigenvalue weighted by molar-refractivity contribution is 6.10. The molecule has 0 bridgehead atoms. The third-order valence-electron chi connectivity index (χ3n) is 2.98. The highest BCUT2D eigenvalue weighted by Gasteiger charge is 2.12. The molecular weight excluding hydrogens is 259 g/mol. The fourth-order valence-corrected chi connectivity index (χ4v) is 2.00. The van der Waals surface area contributed by atoms with E-state index in [0.29, 0.717) is 5.69 Å². The molecule has 3 aromatic rings. The van der Waals surface area contributed by atoms with E-state index in [1.165, 1.54) is 12.1 Å². The van der Waals surface area contributed by atoms with Gasteiger partial charge < -0.3 is 11.1 Å². The number of aromatic amines is 1. The lowest BCUT2D eigenvalue weighted by molar-refractivity contribution is 0.102. The Labute approximate surface area is 113 Å². The molecular formula is C14H11FN4O. The number of hydrogen-bond acceptors (Lipinski definition) is 3. The number of hydrogen-bond donors (Lipinski definition) is 3. The van der Waals surface area contributed by atoms with Crippen LogP contribution in [-0.2, 0) is 0 Å². The SMILES string of the molecule is Nc1cc(F)ccc1C(=O)Nc1cccc2cn[nH]c12. The average Bonchev–Trinajstić information content (AvgIpc) is 2.87. The maximum Gasteiger partial charge on any atom is 0.257 e. The van der Waals surface area contributed by atoms with Crippen LogP contribution in [0, 0.1) is 5.82 Å². The van der Waals surface area contributed by atoms with E-state index in [0.717, 1.165) is 17.0 Å². The van der Waals surface area contributed by atoms with E-state index in [1.54, 1.807) is 12.3 Å². The molecule has 6 heteroatoms. The predicted molar refractivity (Wildman–Crippen MR) is 74.9 cm³/mol.